The number of ether oxygens (including phenoxy) is 1. The highest BCUT2D eigenvalue weighted by molar-refractivity contribution is 5.81. The fourth-order valence-corrected chi connectivity index (χ4v) is 4.16. The van der Waals surface area contributed by atoms with E-state index in [4.69, 9.17) is 4.74 Å². The Kier molecular flexibility index (Phi) is 4.52. The van der Waals surface area contributed by atoms with E-state index in [2.05, 4.69) is 15.1 Å². The summed E-state index contributed by atoms with van der Waals surface area (Å²) in [5.41, 5.74) is 1.43. The number of piperidine rings is 1. The van der Waals surface area contributed by atoms with Gasteiger partial charge in [0.15, 0.2) is 5.82 Å². The minimum Gasteiger partial charge on any atom is -0.497 e. The normalized spacial score (nSPS) is 15.2. The van der Waals surface area contributed by atoms with Crippen molar-refractivity contribution in [3.63, 3.8) is 0 Å². The van der Waals surface area contributed by atoms with Gasteiger partial charge >= 0.3 is 0 Å². The average Bonchev–Trinajstić information content (AvgIpc) is 3.18. The summed E-state index contributed by atoms with van der Waals surface area (Å²) < 4.78 is 9.00. The smallest absolute Gasteiger partial charge is 0.267 e. The highest BCUT2D eigenvalue weighted by atomic mass is 16.5. The minimum absolute atomic E-state index is 0.113. The molecule has 0 aliphatic carbocycles. The van der Waals surface area contributed by atoms with Crippen molar-refractivity contribution in [3.8, 4) is 11.4 Å². The Morgan fingerprint density at radius 1 is 1.00 bits per heavy atom. The number of para-hydroxylation sites is 1. The second-order valence-corrected chi connectivity index (χ2v) is 7.45. The number of likely N-dealkylation sites (tertiary alicyclic amines) is 1. The molecule has 2 aromatic carbocycles. The van der Waals surface area contributed by atoms with E-state index in [9.17, 15) is 4.79 Å². The number of aromatic nitrogens is 4. The van der Waals surface area contributed by atoms with Gasteiger partial charge in [-0.05, 0) is 50.2 Å². The molecule has 0 unspecified atom stereocenters. The molecule has 1 saturated heterocycles. The maximum atomic E-state index is 13.4. The molecule has 0 radical (unpaired) electrons. The second-order valence-electron chi connectivity index (χ2n) is 7.45. The lowest BCUT2D eigenvalue weighted by Crippen LogP contribution is -2.30. The zero-order valence-electron chi connectivity index (χ0n) is 16.4. The van der Waals surface area contributed by atoms with Gasteiger partial charge in [0.25, 0.3) is 5.56 Å². The van der Waals surface area contributed by atoms with Gasteiger partial charge in [-0.1, -0.05) is 24.6 Å². The number of rotatable bonds is 4. The highest BCUT2D eigenvalue weighted by Crippen LogP contribution is 2.21. The first kappa shape index (κ1) is 17.9. The summed E-state index contributed by atoms with van der Waals surface area (Å²) in [6, 6.07) is 15.1. The van der Waals surface area contributed by atoms with Crippen LogP contribution in [0, 0.1) is 0 Å². The number of benzene rings is 2. The lowest BCUT2D eigenvalue weighted by Gasteiger charge is -2.25. The number of nitrogens with zero attached hydrogens (tertiary/aromatic N) is 5. The largest absolute Gasteiger partial charge is 0.497 e. The predicted octanol–water partition coefficient (Wildman–Crippen LogP) is 3.03. The van der Waals surface area contributed by atoms with Crippen LogP contribution in [0.15, 0.2) is 53.3 Å². The molecule has 2 aromatic heterocycles. The topological polar surface area (TPSA) is 64.7 Å². The molecule has 29 heavy (non-hydrogen) atoms. The van der Waals surface area contributed by atoms with Crippen LogP contribution in [-0.2, 0) is 6.54 Å². The lowest BCUT2D eigenvalue weighted by molar-refractivity contribution is 0.215. The third kappa shape index (κ3) is 3.07. The van der Waals surface area contributed by atoms with Gasteiger partial charge in [0.05, 0.1) is 30.2 Å². The SMILES string of the molecule is COc1cccc(-n2c(=O)c3ccccc3n3c(CN4CCCCC4)nnc23)c1. The molecule has 0 spiro atoms. The number of hydrogen-bond acceptors (Lipinski definition) is 5. The molecular formula is C22H23N5O2. The first-order valence-corrected chi connectivity index (χ1v) is 10.0. The average molecular weight is 389 g/mol. The van der Waals surface area contributed by atoms with E-state index in [0.717, 1.165) is 31.0 Å². The molecule has 3 heterocycles. The van der Waals surface area contributed by atoms with Crippen molar-refractivity contribution in [3.05, 3.63) is 64.7 Å². The van der Waals surface area contributed by atoms with Gasteiger partial charge in [-0.3, -0.25) is 14.1 Å². The molecule has 0 atom stereocenters. The van der Waals surface area contributed by atoms with Gasteiger partial charge in [-0.25, -0.2) is 4.57 Å². The third-order valence-corrected chi connectivity index (χ3v) is 5.62. The van der Waals surface area contributed by atoms with E-state index in [1.807, 2.05) is 52.9 Å². The summed E-state index contributed by atoms with van der Waals surface area (Å²) in [5.74, 6) is 2.07. The Bertz CT molecular complexity index is 1240. The van der Waals surface area contributed by atoms with Crippen LogP contribution in [0.2, 0.25) is 0 Å². The number of hydrogen-bond donors (Lipinski definition) is 0. The van der Waals surface area contributed by atoms with Crippen LogP contribution in [0.1, 0.15) is 25.1 Å². The van der Waals surface area contributed by atoms with Gasteiger partial charge in [0, 0.05) is 6.07 Å². The highest BCUT2D eigenvalue weighted by Gasteiger charge is 2.20. The Balaban J connectivity index is 1.76. The number of fused-ring (bicyclic) bond motifs is 3. The zero-order chi connectivity index (χ0) is 19.8. The Morgan fingerprint density at radius 2 is 1.83 bits per heavy atom. The van der Waals surface area contributed by atoms with E-state index >= 15 is 0 Å². The first-order chi connectivity index (χ1) is 14.3. The Hall–Kier alpha value is -3.19. The molecule has 4 aromatic rings. The van der Waals surface area contributed by atoms with Crippen molar-refractivity contribution < 1.29 is 4.74 Å². The third-order valence-electron chi connectivity index (χ3n) is 5.62. The van der Waals surface area contributed by atoms with Crippen LogP contribution in [0.4, 0.5) is 0 Å². The van der Waals surface area contributed by atoms with Crippen LogP contribution in [0.3, 0.4) is 0 Å². The number of methoxy groups -OCH3 is 1. The van der Waals surface area contributed by atoms with Crippen molar-refractivity contribution in [1.82, 2.24) is 24.1 Å². The molecular weight excluding hydrogens is 366 g/mol. The summed E-state index contributed by atoms with van der Waals surface area (Å²) in [6.07, 6.45) is 3.72. The van der Waals surface area contributed by atoms with Crippen molar-refractivity contribution >= 4 is 16.7 Å². The summed E-state index contributed by atoms with van der Waals surface area (Å²) >= 11 is 0. The van der Waals surface area contributed by atoms with Crippen LogP contribution >= 0.6 is 0 Å². The standard InChI is InChI=1S/C22H23N5O2/c1-29-17-9-7-8-16(14-17)26-21(28)18-10-3-4-11-19(18)27-20(23-24-22(26)27)15-25-12-5-2-6-13-25/h3-4,7-11,14H,2,5-6,12-13,15H2,1H3. The zero-order valence-corrected chi connectivity index (χ0v) is 16.4. The van der Waals surface area contributed by atoms with Crippen LogP contribution in [-0.4, -0.2) is 44.3 Å². The molecule has 0 N–H and O–H groups in total. The molecule has 7 nitrogen and oxygen atoms in total. The van der Waals surface area contributed by atoms with Crippen molar-refractivity contribution in [2.45, 2.75) is 25.8 Å². The molecule has 1 aliphatic rings. The maximum absolute atomic E-state index is 13.4. The monoisotopic (exact) mass is 389 g/mol. The van der Waals surface area contributed by atoms with Crippen LogP contribution < -0.4 is 10.3 Å². The van der Waals surface area contributed by atoms with E-state index in [1.165, 1.54) is 19.3 Å². The van der Waals surface area contributed by atoms with Gasteiger partial charge in [-0.15, -0.1) is 10.2 Å². The lowest BCUT2D eigenvalue weighted by atomic mass is 10.1. The summed E-state index contributed by atoms with van der Waals surface area (Å²) in [6.45, 7) is 2.87. The van der Waals surface area contributed by atoms with Crippen LogP contribution in [0.25, 0.3) is 22.4 Å². The van der Waals surface area contributed by atoms with Crippen LogP contribution in [0.5, 0.6) is 5.75 Å². The van der Waals surface area contributed by atoms with Crippen molar-refractivity contribution in [2.75, 3.05) is 20.2 Å². The molecule has 0 amide bonds. The first-order valence-electron chi connectivity index (χ1n) is 10.0. The second kappa shape index (κ2) is 7.33. The molecule has 7 heteroatoms. The van der Waals surface area contributed by atoms with E-state index in [0.29, 0.717) is 22.6 Å². The van der Waals surface area contributed by atoms with Gasteiger partial charge in [0.2, 0.25) is 5.78 Å². The molecule has 1 fully saturated rings. The maximum Gasteiger partial charge on any atom is 0.267 e. The Labute approximate surface area is 168 Å². The molecule has 5 rings (SSSR count). The Morgan fingerprint density at radius 3 is 2.66 bits per heavy atom. The molecule has 0 saturated carbocycles. The predicted molar refractivity (Wildman–Crippen MR) is 112 cm³/mol. The molecule has 1 aliphatic heterocycles. The molecule has 0 bridgehead atoms. The van der Waals surface area contributed by atoms with Crippen molar-refractivity contribution in [2.24, 2.45) is 0 Å². The van der Waals surface area contributed by atoms with Gasteiger partial charge < -0.3 is 4.74 Å². The van der Waals surface area contributed by atoms with E-state index in [-0.39, 0.29) is 5.56 Å². The quantitative estimate of drug-likeness (QED) is 0.537. The summed E-state index contributed by atoms with van der Waals surface area (Å²) in [5, 5.41) is 9.57. The van der Waals surface area contributed by atoms with Crippen molar-refractivity contribution in [1.29, 1.82) is 0 Å². The van der Waals surface area contributed by atoms with E-state index in [1.54, 1.807) is 11.7 Å². The van der Waals surface area contributed by atoms with Gasteiger partial charge in [-0.2, -0.15) is 0 Å². The fourth-order valence-electron chi connectivity index (χ4n) is 4.16. The minimum atomic E-state index is -0.113. The summed E-state index contributed by atoms with van der Waals surface area (Å²) in [7, 11) is 1.62. The van der Waals surface area contributed by atoms with Gasteiger partial charge in [0.1, 0.15) is 5.75 Å². The molecule has 148 valence electrons. The van der Waals surface area contributed by atoms with E-state index < -0.39 is 0 Å². The summed E-state index contributed by atoms with van der Waals surface area (Å²) in [4.78, 5) is 15.8. The fraction of sp³-hybridized carbons (Fsp3) is 0.318.